The molecule has 0 atom stereocenters. The van der Waals surface area contributed by atoms with Crippen LogP contribution in [0, 0.1) is 5.82 Å². The van der Waals surface area contributed by atoms with E-state index in [0.29, 0.717) is 6.54 Å². The Hall–Kier alpha value is -1.22. The number of hydrogen-bond donors (Lipinski definition) is 0. The maximum atomic E-state index is 13.8. The molecule has 1 fully saturated rings. The van der Waals surface area contributed by atoms with Gasteiger partial charge in [0.1, 0.15) is 5.82 Å². The van der Waals surface area contributed by atoms with Crippen LogP contribution in [-0.4, -0.2) is 30.3 Å². The molecule has 0 aromatic heterocycles. The first-order valence-electron chi connectivity index (χ1n) is 6.93. The molecule has 0 unspecified atom stereocenters. The Labute approximate surface area is 114 Å². The summed E-state index contributed by atoms with van der Waals surface area (Å²) in [5.41, 5.74) is 1.16. The zero-order chi connectivity index (χ0) is 14.0. The molecule has 1 saturated heterocycles. The molecule has 2 rings (SSSR count). The normalized spacial score (nSPS) is 16.8. The van der Waals surface area contributed by atoms with Gasteiger partial charge in [0.05, 0.1) is 12.1 Å². The van der Waals surface area contributed by atoms with Crippen molar-refractivity contribution in [1.29, 1.82) is 0 Å². The summed E-state index contributed by atoms with van der Waals surface area (Å²) in [6, 6.07) is 4.90. The fourth-order valence-electron chi connectivity index (χ4n) is 2.43. The smallest absolute Gasteiger partial charge is 0.179 e. The second-order valence-electron chi connectivity index (χ2n) is 6.35. The van der Waals surface area contributed by atoms with Crippen molar-refractivity contribution in [3.8, 4) is 0 Å². The van der Waals surface area contributed by atoms with Crippen molar-refractivity contribution >= 4 is 5.78 Å². The van der Waals surface area contributed by atoms with Gasteiger partial charge in [-0.3, -0.25) is 9.69 Å². The van der Waals surface area contributed by atoms with E-state index < -0.39 is 5.82 Å². The first kappa shape index (κ1) is 14.2. The first-order chi connectivity index (χ1) is 8.88. The van der Waals surface area contributed by atoms with E-state index in [4.69, 9.17) is 0 Å². The van der Waals surface area contributed by atoms with Crippen LogP contribution in [0.1, 0.15) is 49.5 Å². The molecule has 0 amide bonds. The summed E-state index contributed by atoms with van der Waals surface area (Å²) in [6.45, 7) is 8.43. The van der Waals surface area contributed by atoms with E-state index in [9.17, 15) is 9.18 Å². The number of nitrogens with zero attached hydrogens (tertiary/aromatic N) is 1. The topological polar surface area (TPSA) is 20.3 Å². The van der Waals surface area contributed by atoms with E-state index in [0.717, 1.165) is 31.5 Å². The van der Waals surface area contributed by atoms with Gasteiger partial charge >= 0.3 is 0 Å². The van der Waals surface area contributed by atoms with Crippen molar-refractivity contribution < 1.29 is 9.18 Å². The Morgan fingerprint density at radius 3 is 2.47 bits per heavy atom. The lowest BCUT2D eigenvalue weighted by molar-refractivity contribution is 0.0941. The van der Waals surface area contributed by atoms with E-state index in [-0.39, 0.29) is 16.8 Å². The minimum atomic E-state index is -0.405. The van der Waals surface area contributed by atoms with Crippen LogP contribution in [-0.2, 0) is 5.41 Å². The predicted octanol–water partition coefficient (Wildman–Crippen LogP) is 3.40. The standard InChI is InChI=1S/C16H22FNO/c1-16(2,3)12-6-7-14(17)13(10-12)15(19)11-18-8-4-5-9-18/h6-7,10H,4-5,8-9,11H2,1-3H3. The molecule has 2 nitrogen and oxygen atoms in total. The lowest BCUT2D eigenvalue weighted by Crippen LogP contribution is -2.27. The third kappa shape index (κ3) is 3.41. The van der Waals surface area contributed by atoms with Gasteiger partial charge in [-0.2, -0.15) is 0 Å². The lowest BCUT2D eigenvalue weighted by Gasteiger charge is -2.20. The van der Waals surface area contributed by atoms with Gasteiger partial charge in [0.25, 0.3) is 0 Å². The van der Waals surface area contributed by atoms with Crippen molar-refractivity contribution in [2.45, 2.75) is 39.0 Å². The van der Waals surface area contributed by atoms with Gasteiger partial charge in [-0.1, -0.05) is 26.8 Å². The predicted molar refractivity (Wildman–Crippen MR) is 75.1 cm³/mol. The summed E-state index contributed by atoms with van der Waals surface area (Å²) < 4.78 is 13.8. The molecule has 19 heavy (non-hydrogen) atoms. The van der Waals surface area contributed by atoms with Gasteiger partial charge in [0.2, 0.25) is 0 Å². The molecule has 1 aliphatic heterocycles. The van der Waals surface area contributed by atoms with Gasteiger partial charge in [0, 0.05) is 0 Å². The van der Waals surface area contributed by atoms with Crippen molar-refractivity contribution in [3.63, 3.8) is 0 Å². The number of rotatable bonds is 3. The largest absolute Gasteiger partial charge is 0.296 e. The van der Waals surface area contributed by atoms with Gasteiger partial charge in [-0.15, -0.1) is 0 Å². The number of likely N-dealkylation sites (tertiary alicyclic amines) is 1. The number of carbonyl (C=O) groups excluding carboxylic acids is 1. The average Bonchev–Trinajstić information content (AvgIpc) is 2.80. The van der Waals surface area contributed by atoms with Gasteiger partial charge in [-0.25, -0.2) is 4.39 Å². The maximum absolute atomic E-state index is 13.8. The molecular weight excluding hydrogens is 241 g/mol. The average molecular weight is 263 g/mol. The molecule has 0 spiro atoms. The fraction of sp³-hybridized carbons (Fsp3) is 0.562. The van der Waals surface area contributed by atoms with E-state index in [1.807, 2.05) is 0 Å². The second kappa shape index (κ2) is 5.41. The summed E-state index contributed by atoms with van der Waals surface area (Å²) in [5.74, 6) is -0.511. The number of hydrogen-bond acceptors (Lipinski definition) is 2. The molecule has 0 radical (unpaired) electrons. The van der Waals surface area contributed by atoms with Crippen LogP contribution in [0.25, 0.3) is 0 Å². The van der Waals surface area contributed by atoms with Gasteiger partial charge in [0.15, 0.2) is 5.78 Å². The van der Waals surface area contributed by atoms with Crippen LogP contribution in [0.2, 0.25) is 0 Å². The zero-order valence-corrected chi connectivity index (χ0v) is 12.0. The highest BCUT2D eigenvalue weighted by molar-refractivity contribution is 5.98. The maximum Gasteiger partial charge on any atom is 0.179 e. The van der Waals surface area contributed by atoms with Crippen LogP contribution in [0.3, 0.4) is 0 Å². The highest BCUT2D eigenvalue weighted by atomic mass is 19.1. The molecule has 1 aliphatic rings. The second-order valence-corrected chi connectivity index (χ2v) is 6.35. The molecule has 0 saturated carbocycles. The molecule has 0 aliphatic carbocycles. The molecule has 104 valence electrons. The first-order valence-corrected chi connectivity index (χ1v) is 6.93. The Bertz CT molecular complexity index is 470. The fourth-order valence-corrected chi connectivity index (χ4v) is 2.43. The summed E-state index contributed by atoms with van der Waals surface area (Å²) in [7, 11) is 0. The Kier molecular flexibility index (Phi) is 4.04. The number of carbonyl (C=O) groups is 1. The van der Waals surface area contributed by atoms with Crippen LogP contribution >= 0.6 is 0 Å². The minimum absolute atomic E-state index is 0.0730. The quantitative estimate of drug-likeness (QED) is 0.779. The minimum Gasteiger partial charge on any atom is -0.296 e. The van der Waals surface area contributed by atoms with E-state index in [2.05, 4.69) is 25.7 Å². The van der Waals surface area contributed by atoms with Gasteiger partial charge < -0.3 is 0 Å². The number of ketones is 1. The molecule has 1 aromatic rings. The summed E-state index contributed by atoms with van der Waals surface area (Å²) >= 11 is 0. The Balaban J connectivity index is 2.20. The third-order valence-electron chi connectivity index (χ3n) is 3.70. The van der Waals surface area contributed by atoms with Crippen LogP contribution in [0.4, 0.5) is 4.39 Å². The van der Waals surface area contributed by atoms with Crippen molar-refractivity contribution in [1.82, 2.24) is 4.90 Å². The summed E-state index contributed by atoms with van der Waals surface area (Å²) in [6.07, 6.45) is 2.27. The number of halogens is 1. The lowest BCUT2D eigenvalue weighted by atomic mass is 9.85. The van der Waals surface area contributed by atoms with E-state index in [1.165, 1.54) is 6.07 Å². The summed E-state index contributed by atoms with van der Waals surface area (Å²) in [5, 5.41) is 0. The SMILES string of the molecule is CC(C)(C)c1ccc(F)c(C(=O)CN2CCCC2)c1. The molecule has 1 aromatic carbocycles. The van der Waals surface area contributed by atoms with E-state index in [1.54, 1.807) is 12.1 Å². The molecule has 0 bridgehead atoms. The van der Waals surface area contributed by atoms with Crippen molar-refractivity contribution in [3.05, 3.63) is 35.1 Å². The van der Waals surface area contributed by atoms with Crippen molar-refractivity contribution in [2.24, 2.45) is 0 Å². The number of benzene rings is 1. The van der Waals surface area contributed by atoms with Crippen LogP contribution < -0.4 is 0 Å². The van der Waals surface area contributed by atoms with Crippen LogP contribution in [0.15, 0.2) is 18.2 Å². The zero-order valence-electron chi connectivity index (χ0n) is 12.0. The van der Waals surface area contributed by atoms with Gasteiger partial charge in [-0.05, 0) is 49.0 Å². The number of Topliss-reactive ketones (excluding diaryl/α,β-unsaturated/α-hetero) is 1. The third-order valence-corrected chi connectivity index (χ3v) is 3.70. The molecular formula is C16H22FNO. The molecule has 0 N–H and O–H groups in total. The Morgan fingerprint density at radius 1 is 1.26 bits per heavy atom. The highest BCUT2D eigenvalue weighted by Crippen LogP contribution is 2.24. The van der Waals surface area contributed by atoms with E-state index >= 15 is 0 Å². The van der Waals surface area contributed by atoms with Crippen LogP contribution in [0.5, 0.6) is 0 Å². The highest BCUT2D eigenvalue weighted by Gasteiger charge is 2.21. The summed E-state index contributed by atoms with van der Waals surface area (Å²) in [4.78, 5) is 14.3. The monoisotopic (exact) mass is 263 g/mol. The Morgan fingerprint density at radius 2 is 1.89 bits per heavy atom. The van der Waals surface area contributed by atoms with Crippen molar-refractivity contribution in [2.75, 3.05) is 19.6 Å². The molecule has 3 heteroatoms. The molecule has 1 heterocycles.